The monoisotopic (exact) mass is 387 g/mol. The predicted molar refractivity (Wildman–Crippen MR) is 95.9 cm³/mol. The topological polar surface area (TPSA) is 46.4 Å². The first kappa shape index (κ1) is 14.9. The molecular weight excluding hydrogens is 366 g/mol. The first-order valence-electron chi connectivity index (χ1n) is 9.08. The van der Waals surface area contributed by atoms with Crippen molar-refractivity contribution in [3.8, 4) is 0 Å². The van der Waals surface area contributed by atoms with Crippen LogP contribution in [0, 0.1) is 17.8 Å². The highest BCUT2D eigenvalue weighted by molar-refractivity contribution is 9.10. The molecule has 24 heavy (non-hydrogen) atoms. The second-order valence-electron chi connectivity index (χ2n) is 8.15. The van der Waals surface area contributed by atoms with Crippen LogP contribution < -0.4 is 5.32 Å². The molecule has 4 unspecified atom stereocenters. The van der Waals surface area contributed by atoms with Crippen LogP contribution in [0.15, 0.2) is 28.9 Å². The fourth-order valence-corrected chi connectivity index (χ4v) is 6.01. The van der Waals surface area contributed by atoms with Crippen LogP contribution in [0.3, 0.4) is 0 Å². The maximum absolute atomic E-state index is 12.9. The molecule has 126 valence electrons. The van der Waals surface area contributed by atoms with Crippen LogP contribution in [0.4, 0.5) is 0 Å². The van der Waals surface area contributed by atoms with Crippen molar-refractivity contribution in [1.29, 1.82) is 0 Å². The zero-order valence-electron chi connectivity index (χ0n) is 13.7. The van der Waals surface area contributed by atoms with E-state index in [1.165, 1.54) is 44.9 Å². The highest BCUT2D eigenvalue weighted by Crippen LogP contribution is 2.55. The van der Waals surface area contributed by atoms with Gasteiger partial charge in [0, 0.05) is 16.2 Å². The normalized spacial score (nSPS) is 34.5. The van der Waals surface area contributed by atoms with E-state index in [0.717, 1.165) is 27.7 Å². The number of nitrogens with one attached hydrogen (secondary N) is 1. The van der Waals surface area contributed by atoms with E-state index in [-0.39, 0.29) is 11.4 Å². The van der Waals surface area contributed by atoms with Crippen LogP contribution in [0.5, 0.6) is 0 Å². The molecule has 3 fully saturated rings. The number of carbonyl (C=O) groups excluding carboxylic acids is 1. The molecule has 0 saturated heterocycles. The lowest BCUT2D eigenvalue weighted by Crippen LogP contribution is -2.49. The quantitative estimate of drug-likeness (QED) is 0.839. The SMILES string of the molecule is O=C(NC12CC3CCCC(C1)C(C3)C2)c1cc2ccc(Br)cn2n1. The van der Waals surface area contributed by atoms with Gasteiger partial charge >= 0.3 is 0 Å². The third kappa shape index (κ3) is 2.40. The number of hydrogen-bond donors (Lipinski definition) is 1. The fourth-order valence-electron chi connectivity index (χ4n) is 5.68. The Morgan fingerprint density at radius 1 is 1.25 bits per heavy atom. The standard InChI is InChI=1S/C19H22BrN3O/c20-15-4-5-16-7-17(22-23(16)11-15)18(24)21-19-8-12-2-1-3-13(9-19)14(6-12)10-19/h4-5,7,11-14H,1-3,6,8-10H2,(H,21,24). The number of pyridine rings is 1. The molecule has 0 aromatic carbocycles. The summed E-state index contributed by atoms with van der Waals surface area (Å²) in [6, 6.07) is 5.83. The van der Waals surface area contributed by atoms with Crippen LogP contribution >= 0.6 is 15.9 Å². The van der Waals surface area contributed by atoms with E-state index in [0.29, 0.717) is 5.69 Å². The maximum Gasteiger partial charge on any atom is 0.272 e. The number of nitrogens with zero attached hydrogens (tertiary/aromatic N) is 2. The minimum absolute atomic E-state index is 0.00422. The average molecular weight is 388 g/mol. The third-order valence-electron chi connectivity index (χ3n) is 6.51. The van der Waals surface area contributed by atoms with Gasteiger partial charge in [-0.2, -0.15) is 5.10 Å². The lowest BCUT2D eigenvalue weighted by Gasteiger charge is -2.38. The largest absolute Gasteiger partial charge is 0.345 e. The zero-order chi connectivity index (χ0) is 16.3. The molecule has 5 rings (SSSR count). The number of halogens is 1. The van der Waals surface area contributed by atoms with E-state index in [1.807, 2.05) is 24.4 Å². The predicted octanol–water partition coefficient (Wildman–Crippen LogP) is 4.19. The van der Waals surface area contributed by atoms with Gasteiger partial charge in [0.1, 0.15) is 0 Å². The van der Waals surface area contributed by atoms with Gasteiger partial charge in [0.25, 0.3) is 5.91 Å². The highest BCUT2D eigenvalue weighted by atomic mass is 79.9. The highest BCUT2D eigenvalue weighted by Gasteiger charge is 2.52. The van der Waals surface area contributed by atoms with Gasteiger partial charge in [-0.25, -0.2) is 4.52 Å². The number of carbonyl (C=O) groups is 1. The molecule has 2 aromatic rings. The van der Waals surface area contributed by atoms with Crippen molar-refractivity contribution in [1.82, 2.24) is 14.9 Å². The molecule has 2 aromatic heterocycles. The number of amides is 1. The molecule has 1 N–H and O–H groups in total. The van der Waals surface area contributed by atoms with Crippen LogP contribution in [-0.2, 0) is 0 Å². The van der Waals surface area contributed by atoms with E-state index in [2.05, 4.69) is 26.3 Å². The Morgan fingerprint density at radius 2 is 2.12 bits per heavy atom. The van der Waals surface area contributed by atoms with Gasteiger partial charge in [-0.1, -0.05) is 19.3 Å². The van der Waals surface area contributed by atoms with E-state index in [9.17, 15) is 4.79 Å². The molecule has 2 heterocycles. The third-order valence-corrected chi connectivity index (χ3v) is 6.98. The molecule has 0 radical (unpaired) electrons. The fraction of sp³-hybridized carbons (Fsp3) is 0.579. The van der Waals surface area contributed by atoms with E-state index in [4.69, 9.17) is 0 Å². The Morgan fingerprint density at radius 3 is 3.04 bits per heavy atom. The van der Waals surface area contributed by atoms with Crippen molar-refractivity contribution in [3.63, 3.8) is 0 Å². The van der Waals surface area contributed by atoms with Gasteiger partial charge < -0.3 is 5.32 Å². The molecule has 4 nitrogen and oxygen atoms in total. The average Bonchev–Trinajstić information content (AvgIpc) is 3.01. The first-order chi connectivity index (χ1) is 11.6. The van der Waals surface area contributed by atoms with Gasteiger partial charge in [-0.05, 0) is 77.6 Å². The van der Waals surface area contributed by atoms with E-state index < -0.39 is 0 Å². The molecule has 4 atom stereocenters. The molecule has 3 saturated carbocycles. The van der Waals surface area contributed by atoms with Gasteiger partial charge in [-0.15, -0.1) is 0 Å². The summed E-state index contributed by atoms with van der Waals surface area (Å²) in [5.41, 5.74) is 1.51. The van der Waals surface area contributed by atoms with Crippen molar-refractivity contribution in [2.45, 2.75) is 50.5 Å². The Hall–Kier alpha value is -1.36. The summed E-state index contributed by atoms with van der Waals surface area (Å²) in [7, 11) is 0. The van der Waals surface area contributed by atoms with E-state index >= 15 is 0 Å². The summed E-state index contributed by atoms with van der Waals surface area (Å²) in [5, 5.41) is 7.88. The maximum atomic E-state index is 12.9. The number of rotatable bonds is 2. The summed E-state index contributed by atoms with van der Waals surface area (Å²) in [5.74, 6) is 2.47. The number of hydrogen-bond acceptors (Lipinski definition) is 2. The van der Waals surface area contributed by atoms with Gasteiger partial charge in [0.15, 0.2) is 5.69 Å². The van der Waals surface area contributed by atoms with Crippen LogP contribution in [-0.4, -0.2) is 21.1 Å². The molecule has 1 amide bonds. The Balaban J connectivity index is 1.41. The summed E-state index contributed by atoms with van der Waals surface area (Å²) >= 11 is 3.45. The van der Waals surface area contributed by atoms with Crippen molar-refractivity contribution >= 4 is 27.4 Å². The van der Waals surface area contributed by atoms with Crippen molar-refractivity contribution in [3.05, 3.63) is 34.6 Å². The first-order valence-corrected chi connectivity index (χ1v) is 9.87. The number of aromatic nitrogens is 2. The smallest absolute Gasteiger partial charge is 0.272 e. The van der Waals surface area contributed by atoms with Crippen molar-refractivity contribution in [2.75, 3.05) is 0 Å². The molecule has 5 heteroatoms. The summed E-state index contributed by atoms with van der Waals surface area (Å²) in [6.45, 7) is 0. The molecule has 0 spiro atoms. The lowest BCUT2D eigenvalue weighted by atomic mass is 9.75. The summed E-state index contributed by atoms with van der Waals surface area (Å²) < 4.78 is 2.73. The summed E-state index contributed by atoms with van der Waals surface area (Å²) in [4.78, 5) is 12.9. The Kier molecular flexibility index (Phi) is 3.31. The Labute approximate surface area is 150 Å². The van der Waals surface area contributed by atoms with Gasteiger partial charge in [0.2, 0.25) is 0 Å². The van der Waals surface area contributed by atoms with Gasteiger partial charge in [-0.3, -0.25) is 4.79 Å². The number of fused-ring (bicyclic) bond motifs is 3. The van der Waals surface area contributed by atoms with Crippen LogP contribution in [0.2, 0.25) is 0 Å². The minimum Gasteiger partial charge on any atom is -0.345 e. The van der Waals surface area contributed by atoms with Crippen LogP contribution in [0.1, 0.15) is 55.4 Å². The van der Waals surface area contributed by atoms with Crippen LogP contribution in [0.25, 0.3) is 5.52 Å². The summed E-state index contributed by atoms with van der Waals surface area (Å²) in [6.07, 6.45) is 10.9. The molecule has 3 bridgehead atoms. The molecule has 3 aliphatic rings. The van der Waals surface area contributed by atoms with Crippen molar-refractivity contribution in [2.24, 2.45) is 17.8 Å². The second kappa shape index (κ2) is 5.32. The van der Waals surface area contributed by atoms with E-state index in [1.54, 1.807) is 4.52 Å². The van der Waals surface area contributed by atoms with Gasteiger partial charge in [0.05, 0.1) is 5.52 Å². The lowest BCUT2D eigenvalue weighted by molar-refractivity contribution is 0.0846. The molecule has 3 aliphatic carbocycles. The zero-order valence-corrected chi connectivity index (χ0v) is 15.3. The Bertz CT molecular complexity index is 812. The second-order valence-corrected chi connectivity index (χ2v) is 9.06. The molecular formula is C19H22BrN3O. The molecule has 0 aliphatic heterocycles. The van der Waals surface area contributed by atoms with Crippen molar-refractivity contribution < 1.29 is 4.79 Å². The minimum atomic E-state index is -0.00422.